The first-order valence-electron chi connectivity index (χ1n) is 7.67. The molecule has 0 aromatic rings. The van der Waals surface area contributed by atoms with Gasteiger partial charge in [-0.25, -0.2) is 4.79 Å². The molecule has 118 valence electrons. The second-order valence-corrected chi connectivity index (χ2v) is 5.89. The number of nitrogens with two attached hydrogens (primary N) is 1. The predicted octanol–water partition coefficient (Wildman–Crippen LogP) is 1.65. The molecule has 2 unspecified atom stereocenters. The van der Waals surface area contributed by atoms with Crippen molar-refractivity contribution in [2.24, 2.45) is 17.6 Å². The second-order valence-electron chi connectivity index (χ2n) is 5.89. The zero-order chi connectivity index (χ0) is 15.2. The Morgan fingerprint density at radius 1 is 1.43 bits per heavy atom. The fraction of sp³-hybridized carbons (Fsp3) is 0.733. The van der Waals surface area contributed by atoms with E-state index < -0.39 is 12.0 Å². The van der Waals surface area contributed by atoms with E-state index in [9.17, 15) is 9.59 Å². The summed E-state index contributed by atoms with van der Waals surface area (Å²) < 4.78 is 5.40. The summed E-state index contributed by atoms with van der Waals surface area (Å²) in [6.07, 6.45) is 9.08. The number of aliphatic carboxylic acids is 1. The summed E-state index contributed by atoms with van der Waals surface area (Å²) in [5, 5.41) is 11.3. The van der Waals surface area contributed by atoms with Gasteiger partial charge in [0.05, 0.1) is 0 Å². The van der Waals surface area contributed by atoms with Crippen molar-refractivity contribution >= 4 is 12.1 Å². The van der Waals surface area contributed by atoms with Gasteiger partial charge in [0.1, 0.15) is 12.1 Å². The Labute approximate surface area is 124 Å². The SMILES string of the molecule is N[C@@H](CCCCNC(=O)OC1CC2CCC=C[C@H]21)C(=O)O. The molecule has 2 aliphatic rings. The maximum Gasteiger partial charge on any atom is 0.407 e. The second kappa shape index (κ2) is 7.45. The third kappa shape index (κ3) is 4.46. The number of ether oxygens (including phenoxy) is 1. The number of hydrogen-bond donors (Lipinski definition) is 3. The van der Waals surface area contributed by atoms with Gasteiger partial charge in [0.2, 0.25) is 0 Å². The van der Waals surface area contributed by atoms with E-state index in [1.54, 1.807) is 0 Å². The number of nitrogens with one attached hydrogen (secondary N) is 1. The smallest absolute Gasteiger partial charge is 0.407 e. The van der Waals surface area contributed by atoms with E-state index in [2.05, 4.69) is 17.5 Å². The van der Waals surface area contributed by atoms with Gasteiger partial charge in [-0.3, -0.25) is 4.79 Å². The van der Waals surface area contributed by atoms with E-state index in [4.69, 9.17) is 15.6 Å². The fourth-order valence-electron chi connectivity index (χ4n) is 2.98. The zero-order valence-corrected chi connectivity index (χ0v) is 12.2. The quantitative estimate of drug-likeness (QED) is 0.490. The minimum atomic E-state index is -0.984. The molecular formula is C15H24N2O4. The Morgan fingerprint density at radius 3 is 2.95 bits per heavy atom. The van der Waals surface area contributed by atoms with Gasteiger partial charge in [0.25, 0.3) is 0 Å². The van der Waals surface area contributed by atoms with E-state index >= 15 is 0 Å². The number of unbranched alkanes of at least 4 members (excludes halogenated alkanes) is 1. The average molecular weight is 296 g/mol. The van der Waals surface area contributed by atoms with E-state index in [0.717, 1.165) is 12.8 Å². The van der Waals surface area contributed by atoms with Crippen molar-refractivity contribution in [3.63, 3.8) is 0 Å². The molecule has 1 fully saturated rings. The molecule has 0 heterocycles. The van der Waals surface area contributed by atoms with Crippen LogP contribution in [0.25, 0.3) is 0 Å². The Morgan fingerprint density at radius 2 is 2.24 bits per heavy atom. The van der Waals surface area contributed by atoms with Crippen LogP contribution in [-0.4, -0.2) is 35.9 Å². The van der Waals surface area contributed by atoms with Crippen LogP contribution in [0.5, 0.6) is 0 Å². The molecule has 6 nitrogen and oxygen atoms in total. The predicted molar refractivity (Wildman–Crippen MR) is 77.7 cm³/mol. The van der Waals surface area contributed by atoms with Crippen LogP contribution in [0.1, 0.15) is 38.5 Å². The van der Waals surface area contributed by atoms with E-state index in [1.807, 2.05) is 0 Å². The topological polar surface area (TPSA) is 102 Å². The zero-order valence-electron chi connectivity index (χ0n) is 12.2. The highest BCUT2D eigenvalue weighted by molar-refractivity contribution is 5.72. The molecule has 4 atom stereocenters. The number of fused-ring (bicyclic) bond motifs is 1. The van der Waals surface area contributed by atoms with Gasteiger partial charge in [-0.2, -0.15) is 0 Å². The molecule has 6 heteroatoms. The van der Waals surface area contributed by atoms with Crippen molar-refractivity contribution in [1.82, 2.24) is 5.32 Å². The Kier molecular flexibility index (Phi) is 5.61. The van der Waals surface area contributed by atoms with E-state index in [1.165, 1.54) is 6.42 Å². The van der Waals surface area contributed by atoms with Gasteiger partial charge in [-0.15, -0.1) is 0 Å². The monoisotopic (exact) mass is 296 g/mol. The maximum absolute atomic E-state index is 11.6. The standard InChI is InChI=1S/C15H24N2O4/c16-12(14(18)19)7-3-4-8-17-15(20)21-13-9-10-5-1-2-6-11(10)13/h2,6,10-13H,1,3-5,7-9,16H2,(H,17,20)(H,18,19)/t10?,11-,12+,13?/m1/s1. The minimum Gasteiger partial charge on any atom is -0.480 e. The van der Waals surface area contributed by atoms with Gasteiger partial charge in [0, 0.05) is 12.5 Å². The lowest BCUT2D eigenvalue weighted by atomic mass is 9.66. The number of allylic oxidation sites excluding steroid dienone is 1. The van der Waals surface area contributed by atoms with Gasteiger partial charge in [-0.05, 0) is 44.4 Å². The first-order chi connectivity index (χ1) is 10.1. The summed E-state index contributed by atoms with van der Waals surface area (Å²) in [7, 11) is 0. The van der Waals surface area contributed by atoms with Gasteiger partial charge < -0.3 is 20.9 Å². The highest BCUT2D eigenvalue weighted by Crippen LogP contribution is 2.43. The lowest BCUT2D eigenvalue weighted by molar-refractivity contribution is -0.138. The van der Waals surface area contributed by atoms with Crippen LogP contribution < -0.4 is 11.1 Å². The molecular weight excluding hydrogens is 272 g/mol. The summed E-state index contributed by atoms with van der Waals surface area (Å²) in [6, 6.07) is -0.818. The average Bonchev–Trinajstić information content (AvgIpc) is 2.44. The van der Waals surface area contributed by atoms with E-state index in [0.29, 0.717) is 37.6 Å². The number of alkyl carbamates (subject to hydrolysis) is 1. The van der Waals surface area contributed by atoms with E-state index in [-0.39, 0.29) is 12.2 Å². The van der Waals surface area contributed by atoms with Crippen molar-refractivity contribution in [3.8, 4) is 0 Å². The van der Waals surface area contributed by atoms with Crippen molar-refractivity contribution in [3.05, 3.63) is 12.2 Å². The number of amides is 1. The maximum atomic E-state index is 11.6. The Hall–Kier alpha value is -1.56. The molecule has 0 aromatic heterocycles. The number of rotatable bonds is 7. The molecule has 21 heavy (non-hydrogen) atoms. The molecule has 0 saturated heterocycles. The summed E-state index contributed by atoms with van der Waals surface area (Å²) in [6.45, 7) is 0.488. The first kappa shape index (κ1) is 15.8. The van der Waals surface area contributed by atoms with Crippen LogP contribution in [-0.2, 0) is 9.53 Å². The summed E-state index contributed by atoms with van der Waals surface area (Å²) >= 11 is 0. The fourth-order valence-corrected chi connectivity index (χ4v) is 2.98. The van der Waals surface area contributed by atoms with Gasteiger partial charge in [0.15, 0.2) is 0 Å². The number of carbonyl (C=O) groups is 2. The van der Waals surface area contributed by atoms with Gasteiger partial charge in [-0.1, -0.05) is 12.2 Å². The van der Waals surface area contributed by atoms with Crippen molar-refractivity contribution < 1.29 is 19.4 Å². The van der Waals surface area contributed by atoms with Crippen LogP contribution in [0.2, 0.25) is 0 Å². The Bertz CT molecular complexity index is 410. The molecule has 2 aliphatic carbocycles. The lowest BCUT2D eigenvalue weighted by Gasteiger charge is -2.44. The number of carboxylic acids is 1. The molecule has 0 bridgehead atoms. The van der Waals surface area contributed by atoms with Crippen LogP contribution in [0.3, 0.4) is 0 Å². The summed E-state index contributed by atoms with van der Waals surface area (Å²) in [5.41, 5.74) is 5.39. The first-order valence-corrected chi connectivity index (χ1v) is 7.67. The molecule has 0 spiro atoms. The normalized spacial score (nSPS) is 28.1. The largest absolute Gasteiger partial charge is 0.480 e. The summed E-state index contributed by atoms with van der Waals surface area (Å²) in [4.78, 5) is 22.2. The number of hydrogen-bond acceptors (Lipinski definition) is 4. The third-order valence-corrected chi connectivity index (χ3v) is 4.36. The van der Waals surface area contributed by atoms with Gasteiger partial charge >= 0.3 is 12.1 Å². The molecule has 1 saturated carbocycles. The third-order valence-electron chi connectivity index (χ3n) is 4.36. The molecule has 0 aromatic carbocycles. The van der Waals surface area contributed by atoms with Crippen LogP contribution >= 0.6 is 0 Å². The molecule has 0 aliphatic heterocycles. The minimum absolute atomic E-state index is 0.0204. The molecule has 4 N–H and O–H groups in total. The van der Waals surface area contributed by atoms with Crippen molar-refractivity contribution in [2.45, 2.75) is 50.7 Å². The van der Waals surface area contributed by atoms with Crippen molar-refractivity contribution in [2.75, 3.05) is 6.54 Å². The molecule has 2 rings (SSSR count). The molecule has 1 amide bonds. The van der Waals surface area contributed by atoms with Crippen LogP contribution in [0.15, 0.2) is 12.2 Å². The highest BCUT2D eigenvalue weighted by Gasteiger charge is 2.42. The highest BCUT2D eigenvalue weighted by atomic mass is 16.6. The number of carbonyl (C=O) groups excluding carboxylic acids is 1. The Balaban J connectivity index is 1.53. The molecule has 0 radical (unpaired) electrons. The summed E-state index contributed by atoms with van der Waals surface area (Å²) in [5.74, 6) is 0.103. The number of carboxylic acid groups (broad SMARTS) is 1. The van der Waals surface area contributed by atoms with Crippen LogP contribution in [0, 0.1) is 11.8 Å². The lowest BCUT2D eigenvalue weighted by Crippen LogP contribution is -2.46. The van der Waals surface area contributed by atoms with Crippen LogP contribution in [0.4, 0.5) is 4.79 Å². The van der Waals surface area contributed by atoms with Crippen molar-refractivity contribution in [1.29, 1.82) is 0 Å².